The molecule has 0 aliphatic carbocycles. The Balaban J connectivity index is 1.77. The van der Waals surface area contributed by atoms with Crippen molar-refractivity contribution in [3.8, 4) is 5.69 Å². The Hall–Kier alpha value is -2.96. The van der Waals surface area contributed by atoms with Crippen molar-refractivity contribution in [2.24, 2.45) is 5.10 Å². The zero-order valence-corrected chi connectivity index (χ0v) is 14.8. The molecule has 0 unspecified atom stereocenters. The molecule has 4 aromatic rings. The molecule has 6 nitrogen and oxygen atoms in total. The van der Waals surface area contributed by atoms with Crippen LogP contribution in [0.3, 0.4) is 0 Å². The van der Waals surface area contributed by atoms with E-state index in [1.807, 2.05) is 30.3 Å². The molecule has 0 atom stereocenters. The van der Waals surface area contributed by atoms with Crippen LogP contribution in [-0.4, -0.2) is 25.7 Å². The van der Waals surface area contributed by atoms with Crippen LogP contribution in [0.5, 0.6) is 0 Å². The highest BCUT2D eigenvalue weighted by Crippen LogP contribution is 2.24. The van der Waals surface area contributed by atoms with Crippen molar-refractivity contribution < 1.29 is 0 Å². The average molecular weight is 384 g/mol. The lowest BCUT2D eigenvalue weighted by Gasteiger charge is -2.03. The summed E-state index contributed by atoms with van der Waals surface area (Å²) in [5.74, 6) is 0. The summed E-state index contributed by atoms with van der Waals surface area (Å²) in [5, 5.41) is 9.56. The van der Waals surface area contributed by atoms with Crippen molar-refractivity contribution in [3.05, 3.63) is 87.0 Å². The second kappa shape index (κ2) is 6.74. The van der Waals surface area contributed by atoms with Crippen molar-refractivity contribution in [2.45, 2.75) is 0 Å². The zero-order chi connectivity index (χ0) is 18.1. The fraction of sp³-hybridized carbons (Fsp3) is 0. The van der Waals surface area contributed by atoms with Gasteiger partial charge in [0.15, 0.2) is 5.65 Å². The van der Waals surface area contributed by atoms with E-state index in [1.54, 1.807) is 22.9 Å². The fourth-order valence-electron chi connectivity index (χ4n) is 2.49. The van der Waals surface area contributed by atoms with Gasteiger partial charge >= 0.3 is 0 Å². The van der Waals surface area contributed by atoms with Gasteiger partial charge in [-0.15, -0.1) is 0 Å². The highest BCUT2D eigenvalue weighted by atomic mass is 35.5. The molecule has 0 spiro atoms. The van der Waals surface area contributed by atoms with E-state index < -0.39 is 0 Å². The third-order valence-electron chi connectivity index (χ3n) is 3.78. The van der Waals surface area contributed by atoms with Gasteiger partial charge in [0.2, 0.25) is 0 Å². The van der Waals surface area contributed by atoms with E-state index >= 15 is 0 Å². The predicted octanol–water partition coefficient (Wildman–Crippen LogP) is 3.77. The van der Waals surface area contributed by atoms with Crippen LogP contribution in [0.25, 0.3) is 16.7 Å². The minimum absolute atomic E-state index is 0.327. The maximum absolute atomic E-state index is 12.6. The average Bonchev–Trinajstić information content (AvgIpc) is 3.10. The summed E-state index contributed by atoms with van der Waals surface area (Å²) in [6.07, 6.45) is 4.29. The van der Waals surface area contributed by atoms with E-state index in [-0.39, 0.29) is 5.56 Å². The highest BCUT2D eigenvalue weighted by molar-refractivity contribution is 6.43. The third kappa shape index (κ3) is 2.89. The first-order chi connectivity index (χ1) is 12.6. The minimum atomic E-state index is -0.327. The van der Waals surface area contributed by atoms with Gasteiger partial charge < -0.3 is 0 Å². The topological polar surface area (TPSA) is 65.1 Å². The van der Waals surface area contributed by atoms with Crippen LogP contribution in [0, 0.1) is 0 Å². The molecule has 4 rings (SSSR count). The van der Waals surface area contributed by atoms with Gasteiger partial charge in [-0.1, -0.05) is 53.5 Å². The van der Waals surface area contributed by atoms with E-state index in [2.05, 4.69) is 15.2 Å². The Morgan fingerprint density at radius 3 is 2.65 bits per heavy atom. The molecule has 0 saturated carbocycles. The van der Waals surface area contributed by atoms with Crippen molar-refractivity contribution in [1.29, 1.82) is 0 Å². The molecule has 0 saturated heterocycles. The number of nitrogens with zero attached hydrogens (tertiary/aromatic N) is 5. The predicted molar refractivity (Wildman–Crippen MR) is 103 cm³/mol. The monoisotopic (exact) mass is 383 g/mol. The first-order valence-corrected chi connectivity index (χ1v) is 8.40. The SMILES string of the molecule is O=c1c2cnn(-c3ccccc3)c2ncn1/N=C\c1cccc(Cl)c1Cl. The lowest BCUT2D eigenvalue weighted by molar-refractivity contribution is 0.809. The second-order valence-corrected chi connectivity index (χ2v) is 6.20. The van der Waals surface area contributed by atoms with E-state index in [9.17, 15) is 4.79 Å². The van der Waals surface area contributed by atoms with Gasteiger partial charge in [0.1, 0.15) is 11.7 Å². The number of aromatic nitrogens is 4. The molecule has 0 radical (unpaired) electrons. The van der Waals surface area contributed by atoms with Crippen LogP contribution in [0.1, 0.15) is 5.56 Å². The van der Waals surface area contributed by atoms with Crippen LogP contribution in [0.4, 0.5) is 0 Å². The van der Waals surface area contributed by atoms with Crippen LogP contribution in [-0.2, 0) is 0 Å². The molecule has 2 aromatic heterocycles. The normalized spacial score (nSPS) is 11.5. The lowest BCUT2D eigenvalue weighted by atomic mass is 10.2. The summed E-state index contributed by atoms with van der Waals surface area (Å²) >= 11 is 12.1. The molecule has 8 heteroatoms. The fourth-order valence-corrected chi connectivity index (χ4v) is 2.84. The summed E-state index contributed by atoms with van der Waals surface area (Å²) in [6.45, 7) is 0. The van der Waals surface area contributed by atoms with Gasteiger partial charge in [0.05, 0.1) is 28.1 Å². The number of rotatable bonds is 3. The minimum Gasteiger partial charge on any atom is -0.266 e. The largest absolute Gasteiger partial charge is 0.285 e. The molecular formula is C18H11Cl2N5O. The highest BCUT2D eigenvalue weighted by Gasteiger charge is 2.11. The van der Waals surface area contributed by atoms with Crippen molar-refractivity contribution >= 4 is 40.4 Å². The standard InChI is InChI=1S/C18H11Cl2N5O/c19-15-8-4-5-12(16(15)20)9-22-24-11-21-17-14(18(24)26)10-23-25(17)13-6-2-1-3-7-13/h1-11H/b22-9-. The molecule has 0 aliphatic heterocycles. The van der Waals surface area contributed by atoms with Crippen LogP contribution in [0.15, 0.2) is 71.0 Å². The Bertz CT molecular complexity index is 1180. The summed E-state index contributed by atoms with van der Waals surface area (Å²) in [6, 6.07) is 14.7. The molecule has 0 bridgehead atoms. The summed E-state index contributed by atoms with van der Waals surface area (Å²) in [5.41, 5.74) is 1.56. The smallest absolute Gasteiger partial charge is 0.266 e. The van der Waals surface area contributed by atoms with E-state index in [0.29, 0.717) is 26.6 Å². The van der Waals surface area contributed by atoms with E-state index in [1.165, 1.54) is 18.7 Å². The summed E-state index contributed by atoms with van der Waals surface area (Å²) in [4.78, 5) is 17.0. The van der Waals surface area contributed by atoms with Crippen molar-refractivity contribution in [3.63, 3.8) is 0 Å². The zero-order valence-electron chi connectivity index (χ0n) is 13.3. The third-order valence-corrected chi connectivity index (χ3v) is 4.61. The maximum atomic E-state index is 12.6. The molecule has 0 fully saturated rings. The number of benzene rings is 2. The van der Waals surface area contributed by atoms with E-state index in [0.717, 1.165) is 10.4 Å². The van der Waals surface area contributed by atoms with Gasteiger partial charge in [0, 0.05) is 5.56 Å². The first kappa shape index (κ1) is 16.5. The molecule has 0 N–H and O–H groups in total. The van der Waals surface area contributed by atoms with Crippen LogP contribution in [0.2, 0.25) is 10.0 Å². The quantitative estimate of drug-likeness (QED) is 0.505. The summed E-state index contributed by atoms with van der Waals surface area (Å²) < 4.78 is 2.75. The Morgan fingerprint density at radius 2 is 1.85 bits per heavy atom. The van der Waals surface area contributed by atoms with Gasteiger partial charge in [-0.05, 0) is 18.2 Å². The Kier molecular flexibility index (Phi) is 4.28. The molecule has 128 valence electrons. The molecule has 2 heterocycles. The van der Waals surface area contributed by atoms with Crippen LogP contribution >= 0.6 is 23.2 Å². The number of hydrogen-bond acceptors (Lipinski definition) is 4. The van der Waals surface area contributed by atoms with Crippen LogP contribution < -0.4 is 5.56 Å². The molecule has 26 heavy (non-hydrogen) atoms. The van der Waals surface area contributed by atoms with E-state index in [4.69, 9.17) is 23.2 Å². The number of para-hydroxylation sites is 1. The number of hydrogen-bond donors (Lipinski definition) is 0. The van der Waals surface area contributed by atoms with Gasteiger partial charge in [0.25, 0.3) is 5.56 Å². The molecule has 0 aliphatic rings. The number of fused-ring (bicyclic) bond motifs is 1. The van der Waals surface area contributed by atoms with Gasteiger partial charge in [-0.25, -0.2) is 9.67 Å². The molecular weight excluding hydrogens is 373 g/mol. The van der Waals surface area contributed by atoms with Crippen molar-refractivity contribution in [2.75, 3.05) is 0 Å². The number of halogens is 2. The maximum Gasteiger partial charge on any atom is 0.285 e. The van der Waals surface area contributed by atoms with Crippen molar-refractivity contribution in [1.82, 2.24) is 19.4 Å². The summed E-state index contributed by atoms with van der Waals surface area (Å²) in [7, 11) is 0. The molecule has 0 amide bonds. The van der Waals surface area contributed by atoms with Gasteiger partial charge in [-0.3, -0.25) is 4.79 Å². The first-order valence-electron chi connectivity index (χ1n) is 7.64. The molecule has 2 aromatic carbocycles. The Labute approximate surface area is 157 Å². The lowest BCUT2D eigenvalue weighted by Crippen LogP contribution is -2.17. The second-order valence-electron chi connectivity index (χ2n) is 5.41. The Morgan fingerprint density at radius 1 is 1.04 bits per heavy atom. The van der Waals surface area contributed by atoms with Gasteiger partial charge in [-0.2, -0.15) is 14.9 Å².